The summed E-state index contributed by atoms with van der Waals surface area (Å²) in [7, 11) is 0. The molecule has 140 valence electrons. The van der Waals surface area contributed by atoms with Gasteiger partial charge in [0, 0.05) is 30.3 Å². The number of aryl methyl sites for hydroxylation is 1. The van der Waals surface area contributed by atoms with E-state index in [0.29, 0.717) is 12.3 Å². The van der Waals surface area contributed by atoms with Crippen molar-refractivity contribution in [2.45, 2.75) is 24.7 Å². The van der Waals surface area contributed by atoms with E-state index in [9.17, 15) is 5.11 Å². The van der Waals surface area contributed by atoms with Crippen LogP contribution in [-0.4, -0.2) is 43.3 Å². The Morgan fingerprint density at radius 1 is 1.26 bits per heavy atom. The number of benzene rings is 1. The number of aliphatic hydroxyl groups excluding tert-OH is 1. The van der Waals surface area contributed by atoms with E-state index >= 15 is 0 Å². The summed E-state index contributed by atoms with van der Waals surface area (Å²) in [6, 6.07) is 11.6. The van der Waals surface area contributed by atoms with Crippen LogP contribution in [0.25, 0.3) is 11.4 Å². The van der Waals surface area contributed by atoms with Gasteiger partial charge >= 0.3 is 0 Å². The van der Waals surface area contributed by atoms with Crippen molar-refractivity contribution >= 4 is 11.8 Å². The molecule has 0 aliphatic heterocycles. The fourth-order valence-electron chi connectivity index (χ4n) is 2.52. The fraction of sp³-hybridized carbons (Fsp3) is 0.250. The third kappa shape index (κ3) is 5.18. The lowest BCUT2D eigenvalue weighted by Gasteiger charge is -2.13. The molecule has 1 aromatic carbocycles. The minimum absolute atomic E-state index is 0.225. The van der Waals surface area contributed by atoms with E-state index in [1.165, 1.54) is 11.8 Å². The summed E-state index contributed by atoms with van der Waals surface area (Å²) < 4.78 is 7.63. The van der Waals surface area contributed by atoms with Gasteiger partial charge in [-0.05, 0) is 36.8 Å². The maximum Gasteiger partial charge on any atom is 0.191 e. The van der Waals surface area contributed by atoms with Gasteiger partial charge in [-0.2, -0.15) is 0 Å². The number of allylic oxidation sites excluding steroid dienone is 1. The van der Waals surface area contributed by atoms with E-state index < -0.39 is 6.10 Å². The largest absolute Gasteiger partial charge is 0.491 e. The van der Waals surface area contributed by atoms with Gasteiger partial charge in [-0.15, -0.1) is 16.8 Å². The van der Waals surface area contributed by atoms with Crippen LogP contribution < -0.4 is 4.74 Å². The Hall–Kier alpha value is -2.64. The molecule has 0 amide bonds. The summed E-state index contributed by atoms with van der Waals surface area (Å²) in [4.78, 5) is 4.03. The molecule has 2 aromatic heterocycles. The van der Waals surface area contributed by atoms with Gasteiger partial charge in [0.15, 0.2) is 11.0 Å². The van der Waals surface area contributed by atoms with E-state index in [1.54, 1.807) is 18.5 Å². The minimum atomic E-state index is -0.617. The number of rotatable bonds is 9. The van der Waals surface area contributed by atoms with Crippen molar-refractivity contribution in [2.24, 2.45) is 0 Å². The molecule has 0 radical (unpaired) electrons. The van der Waals surface area contributed by atoms with E-state index in [1.807, 2.05) is 47.9 Å². The van der Waals surface area contributed by atoms with Crippen LogP contribution in [0.3, 0.4) is 0 Å². The van der Waals surface area contributed by atoms with E-state index in [0.717, 1.165) is 27.9 Å². The number of ether oxygens (including phenoxy) is 1. The third-order valence-electron chi connectivity index (χ3n) is 3.80. The van der Waals surface area contributed by atoms with Gasteiger partial charge in [0.2, 0.25) is 0 Å². The topological polar surface area (TPSA) is 73.1 Å². The summed E-state index contributed by atoms with van der Waals surface area (Å²) in [5, 5.41) is 19.5. The van der Waals surface area contributed by atoms with Crippen LogP contribution in [0.2, 0.25) is 0 Å². The Morgan fingerprint density at radius 2 is 2.07 bits per heavy atom. The number of aromatic nitrogens is 4. The standard InChI is InChI=1S/C20H22N4O2S/c1-3-11-24-19(16-7-9-21-10-8-16)22-23-20(24)27-14-17(25)13-26-18-6-4-5-15(2)12-18/h3-10,12,17,25H,1,11,13-14H2,2H3. The molecule has 7 heteroatoms. The first-order chi connectivity index (χ1) is 13.2. The summed E-state index contributed by atoms with van der Waals surface area (Å²) in [5.74, 6) is 1.97. The van der Waals surface area contributed by atoms with Gasteiger partial charge < -0.3 is 9.84 Å². The molecular weight excluding hydrogens is 360 g/mol. The molecule has 0 spiro atoms. The first-order valence-corrected chi connectivity index (χ1v) is 9.60. The molecule has 1 atom stereocenters. The number of hydrogen-bond acceptors (Lipinski definition) is 6. The molecule has 0 saturated carbocycles. The Balaban J connectivity index is 1.61. The second kappa shape index (κ2) is 9.34. The number of pyridine rings is 1. The third-order valence-corrected chi connectivity index (χ3v) is 4.92. The smallest absolute Gasteiger partial charge is 0.191 e. The SMILES string of the molecule is C=CCn1c(SCC(O)COc2cccc(C)c2)nnc1-c1ccncc1. The highest BCUT2D eigenvalue weighted by atomic mass is 32.2. The molecule has 2 heterocycles. The molecule has 6 nitrogen and oxygen atoms in total. The quantitative estimate of drug-likeness (QED) is 0.452. The van der Waals surface area contributed by atoms with Crippen molar-refractivity contribution in [3.63, 3.8) is 0 Å². The molecule has 0 saturated heterocycles. The number of thioether (sulfide) groups is 1. The number of nitrogens with zero attached hydrogens (tertiary/aromatic N) is 4. The molecular formula is C20H22N4O2S. The van der Waals surface area contributed by atoms with Gasteiger partial charge in [-0.3, -0.25) is 9.55 Å². The lowest BCUT2D eigenvalue weighted by atomic mass is 10.2. The first-order valence-electron chi connectivity index (χ1n) is 8.62. The van der Waals surface area contributed by atoms with E-state index in [-0.39, 0.29) is 6.61 Å². The Kier molecular flexibility index (Phi) is 6.62. The van der Waals surface area contributed by atoms with Crippen LogP contribution >= 0.6 is 11.8 Å². The first kappa shape index (κ1) is 19.1. The Bertz CT molecular complexity index is 883. The predicted molar refractivity (Wildman–Crippen MR) is 107 cm³/mol. The average molecular weight is 382 g/mol. The molecule has 0 bridgehead atoms. The van der Waals surface area contributed by atoms with Crippen molar-refractivity contribution in [3.05, 3.63) is 67.0 Å². The highest BCUT2D eigenvalue weighted by Crippen LogP contribution is 2.24. The second-order valence-electron chi connectivity index (χ2n) is 6.03. The highest BCUT2D eigenvalue weighted by Gasteiger charge is 2.15. The van der Waals surface area contributed by atoms with Gasteiger partial charge in [0.05, 0.1) is 6.10 Å². The maximum atomic E-state index is 10.3. The van der Waals surface area contributed by atoms with Crippen LogP contribution in [-0.2, 0) is 6.54 Å². The summed E-state index contributed by atoms with van der Waals surface area (Å²) in [6.45, 7) is 6.63. The molecule has 3 aromatic rings. The summed E-state index contributed by atoms with van der Waals surface area (Å²) in [6.07, 6.45) is 4.63. The monoisotopic (exact) mass is 382 g/mol. The lowest BCUT2D eigenvalue weighted by molar-refractivity contribution is 0.126. The van der Waals surface area contributed by atoms with Gasteiger partial charge in [-0.25, -0.2) is 0 Å². The van der Waals surface area contributed by atoms with Gasteiger partial charge in [0.25, 0.3) is 0 Å². The molecule has 1 unspecified atom stereocenters. The molecule has 0 fully saturated rings. The predicted octanol–water partition coefficient (Wildman–Crippen LogP) is 3.37. The Morgan fingerprint density at radius 3 is 2.81 bits per heavy atom. The zero-order chi connectivity index (χ0) is 19.1. The second-order valence-corrected chi connectivity index (χ2v) is 7.02. The minimum Gasteiger partial charge on any atom is -0.491 e. The van der Waals surface area contributed by atoms with Crippen molar-refractivity contribution < 1.29 is 9.84 Å². The van der Waals surface area contributed by atoms with E-state index in [2.05, 4.69) is 21.8 Å². The number of hydrogen-bond donors (Lipinski definition) is 1. The molecule has 3 rings (SSSR count). The Labute approximate surface area is 162 Å². The van der Waals surface area contributed by atoms with Gasteiger partial charge in [-0.1, -0.05) is 30.0 Å². The molecule has 0 aliphatic carbocycles. The van der Waals surface area contributed by atoms with Crippen LogP contribution in [0.5, 0.6) is 5.75 Å². The van der Waals surface area contributed by atoms with Crippen LogP contribution in [0.1, 0.15) is 5.56 Å². The van der Waals surface area contributed by atoms with Crippen LogP contribution in [0.4, 0.5) is 0 Å². The lowest BCUT2D eigenvalue weighted by Crippen LogP contribution is -2.20. The fourth-order valence-corrected chi connectivity index (χ4v) is 3.37. The summed E-state index contributed by atoms with van der Waals surface area (Å²) in [5.41, 5.74) is 2.06. The van der Waals surface area contributed by atoms with Crippen LogP contribution in [0, 0.1) is 6.92 Å². The summed E-state index contributed by atoms with van der Waals surface area (Å²) >= 11 is 1.44. The van der Waals surface area contributed by atoms with Crippen molar-refractivity contribution in [2.75, 3.05) is 12.4 Å². The molecule has 1 N–H and O–H groups in total. The maximum absolute atomic E-state index is 10.3. The van der Waals surface area contributed by atoms with Crippen molar-refractivity contribution in [1.29, 1.82) is 0 Å². The number of aliphatic hydroxyl groups is 1. The van der Waals surface area contributed by atoms with Gasteiger partial charge in [0.1, 0.15) is 12.4 Å². The zero-order valence-electron chi connectivity index (χ0n) is 15.2. The normalized spacial score (nSPS) is 11.9. The zero-order valence-corrected chi connectivity index (χ0v) is 16.0. The van der Waals surface area contributed by atoms with E-state index in [4.69, 9.17) is 4.74 Å². The highest BCUT2D eigenvalue weighted by molar-refractivity contribution is 7.99. The van der Waals surface area contributed by atoms with Crippen molar-refractivity contribution in [1.82, 2.24) is 19.7 Å². The van der Waals surface area contributed by atoms with Crippen molar-refractivity contribution in [3.8, 4) is 17.1 Å². The average Bonchev–Trinajstić information content (AvgIpc) is 3.08. The van der Waals surface area contributed by atoms with Crippen LogP contribution in [0.15, 0.2) is 66.6 Å². The molecule has 27 heavy (non-hydrogen) atoms. The molecule has 0 aliphatic rings.